The highest BCUT2D eigenvalue weighted by Crippen LogP contribution is 2.51. The van der Waals surface area contributed by atoms with E-state index in [0.29, 0.717) is 0 Å². The lowest BCUT2D eigenvalue weighted by Crippen LogP contribution is -2.34. The number of amidine groups is 2. The first kappa shape index (κ1) is 34.2. The summed E-state index contributed by atoms with van der Waals surface area (Å²) in [6, 6.07) is 55.6. The second kappa shape index (κ2) is 12.6. The van der Waals surface area contributed by atoms with Gasteiger partial charge in [0.25, 0.3) is 0 Å². The van der Waals surface area contributed by atoms with E-state index in [-0.39, 0.29) is 17.0 Å². The van der Waals surface area contributed by atoms with Crippen LogP contribution in [0.4, 0.5) is 0 Å². The molecular weight excluding hydrogens is 679 g/mol. The van der Waals surface area contributed by atoms with Crippen molar-refractivity contribution in [1.82, 2.24) is 5.32 Å². The monoisotopic (exact) mass is 723 g/mol. The van der Waals surface area contributed by atoms with Gasteiger partial charge in [-0.05, 0) is 110 Å². The van der Waals surface area contributed by atoms with Crippen molar-refractivity contribution < 1.29 is 0 Å². The molecule has 7 aromatic rings. The van der Waals surface area contributed by atoms with E-state index in [0.717, 1.165) is 50.6 Å². The van der Waals surface area contributed by atoms with Crippen LogP contribution in [0.3, 0.4) is 0 Å². The van der Waals surface area contributed by atoms with Gasteiger partial charge in [-0.25, -0.2) is 9.98 Å². The summed E-state index contributed by atoms with van der Waals surface area (Å²) in [7, 11) is 0. The molecule has 7 aromatic carbocycles. The second-order valence-corrected chi connectivity index (χ2v) is 16.9. The van der Waals surface area contributed by atoms with E-state index in [2.05, 4.69) is 199 Å². The molecule has 1 aliphatic heterocycles. The van der Waals surface area contributed by atoms with Gasteiger partial charge in [-0.2, -0.15) is 0 Å². The van der Waals surface area contributed by atoms with Crippen molar-refractivity contribution in [2.24, 2.45) is 9.98 Å². The van der Waals surface area contributed by atoms with Crippen molar-refractivity contribution in [1.29, 1.82) is 0 Å². The highest BCUT2D eigenvalue weighted by Gasteiger charge is 2.38. The molecule has 3 heteroatoms. The molecule has 0 amide bonds. The Bertz CT molecular complexity index is 2730. The third-order valence-corrected chi connectivity index (χ3v) is 12.4. The summed E-state index contributed by atoms with van der Waals surface area (Å²) in [6.45, 7) is 13.8. The highest BCUT2D eigenvalue weighted by molar-refractivity contribution is 6.14. The Morgan fingerprint density at radius 1 is 0.429 bits per heavy atom. The highest BCUT2D eigenvalue weighted by atomic mass is 15.2. The SMILES string of the molecule is Cc1ccc2c(c1)C(C)(C)c1cc(C3=NC(c4cc(-c5ccccc5)cc(-c5ccccc5)c4)=NC(c4ccc5c(c4)C(C)(C)c4cc(C)ccc4-5)N3)ccc1-2. The van der Waals surface area contributed by atoms with Gasteiger partial charge < -0.3 is 5.32 Å². The average Bonchev–Trinajstić information content (AvgIpc) is 3.58. The third-order valence-electron chi connectivity index (χ3n) is 12.4. The average molecular weight is 724 g/mol. The maximum Gasteiger partial charge on any atom is 0.159 e. The Labute approximate surface area is 330 Å². The van der Waals surface area contributed by atoms with E-state index in [4.69, 9.17) is 9.98 Å². The van der Waals surface area contributed by atoms with E-state index in [9.17, 15) is 0 Å². The molecule has 0 saturated heterocycles. The molecule has 3 nitrogen and oxygen atoms in total. The van der Waals surface area contributed by atoms with Crippen molar-refractivity contribution in [2.75, 3.05) is 0 Å². The number of benzene rings is 7. The lowest BCUT2D eigenvalue weighted by Gasteiger charge is -2.27. The summed E-state index contributed by atoms with van der Waals surface area (Å²) in [6.07, 6.45) is -0.342. The number of fused-ring (bicyclic) bond motifs is 6. The van der Waals surface area contributed by atoms with E-state index in [1.165, 1.54) is 55.6 Å². The molecule has 0 radical (unpaired) electrons. The molecule has 1 atom stereocenters. The molecular formula is C53H45N3. The Morgan fingerprint density at radius 3 is 1.45 bits per heavy atom. The number of aliphatic imine (C=N–C) groups is 2. The first-order chi connectivity index (χ1) is 27.0. The lowest BCUT2D eigenvalue weighted by atomic mass is 9.81. The Hall–Kier alpha value is -6.32. The van der Waals surface area contributed by atoms with Gasteiger partial charge in [0.1, 0.15) is 12.0 Å². The molecule has 0 saturated carbocycles. The maximum atomic E-state index is 5.47. The Morgan fingerprint density at radius 2 is 0.893 bits per heavy atom. The van der Waals surface area contributed by atoms with E-state index < -0.39 is 0 Å². The normalized spacial score (nSPS) is 16.9. The first-order valence-electron chi connectivity index (χ1n) is 19.8. The molecule has 3 aliphatic rings. The minimum atomic E-state index is -0.342. The van der Waals surface area contributed by atoms with Crippen molar-refractivity contribution in [3.8, 4) is 44.5 Å². The van der Waals surface area contributed by atoms with Gasteiger partial charge in [0, 0.05) is 22.0 Å². The van der Waals surface area contributed by atoms with E-state index >= 15 is 0 Å². The Balaban J connectivity index is 1.14. The third kappa shape index (κ3) is 5.48. The van der Waals surface area contributed by atoms with Crippen LogP contribution in [0.2, 0.25) is 0 Å². The van der Waals surface area contributed by atoms with Crippen LogP contribution < -0.4 is 5.32 Å². The predicted octanol–water partition coefficient (Wildman–Crippen LogP) is 12.7. The predicted molar refractivity (Wildman–Crippen MR) is 234 cm³/mol. The second-order valence-electron chi connectivity index (χ2n) is 16.9. The van der Waals surface area contributed by atoms with Crippen LogP contribution in [-0.4, -0.2) is 11.7 Å². The molecule has 0 bridgehead atoms. The quantitative estimate of drug-likeness (QED) is 0.189. The zero-order chi connectivity index (χ0) is 38.3. The minimum Gasteiger partial charge on any atom is -0.344 e. The van der Waals surface area contributed by atoms with Crippen LogP contribution >= 0.6 is 0 Å². The van der Waals surface area contributed by atoms with Gasteiger partial charge in [-0.15, -0.1) is 0 Å². The van der Waals surface area contributed by atoms with Crippen LogP contribution in [0.5, 0.6) is 0 Å². The largest absolute Gasteiger partial charge is 0.344 e. The molecule has 0 spiro atoms. The van der Waals surface area contributed by atoms with Crippen LogP contribution in [0, 0.1) is 13.8 Å². The van der Waals surface area contributed by atoms with Crippen molar-refractivity contribution >= 4 is 11.7 Å². The molecule has 1 unspecified atom stereocenters. The number of nitrogens with zero attached hydrogens (tertiary/aromatic N) is 2. The lowest BCUT2D eigenvalue weighted by molar-refractivity contribution is 0.645. The van der Waals surface area contributed by atoms with Crippen molar-refractivity contribution in [3.63, 3.8) is 0 Å². The summed E-state index contributed by atoms with van der Waals surface area (Å²) in [5.41, 5.74) is 20.8. The Kier molecular flexibility index (Phi) is 7.70. The summed E-state index contributed by atoms with van der Waals surface area (Å²) in [5, 5.41) is 3.84. The van der Waals surface area contributed by atoms with Gasteiger partial charge in [-0.3, -0.25) is 0 Å². The molecule has 56 heavy (non-hydrogen) atoms. The van der Waals surface area contributed by atoms with Gasteiger partial charge >= 0.3 is 0 Å². The molecule has 2 aliphatic carbocycles. The zero-order valence-electron chi connectivity index (χ0n) is 32.9. The van der Waals surface area contributed by atoms with Crippen LogP contribution in [-0.2, 0) is 10.8 Å². The first-order valence-corrected chi connectivity index (χ1v) is 19.8. The summed E-state index contributed by atoms with van der Waals surface area (Å²) in [4.78, 5) is 10.9. The molecule has 1 N–H and O–H groups in total. The minimum absolute atomic E-state index is 0.127. The number of aryl methyl sites for hydroxylation is 2. The van der Waals surface area contributed by atoms with E-state index in [1.807, 2.05) is 0 Å². The van der Waals surface area contributed by atoms with Crippen LogP contribution in [0.25, 0.3) is 44.5 Å². The number of nitrogens with one attached hydrogen (secondary N) is 1. The molecule has 10 rings (SSSR count). The smallest absolute Gasteiger partial charge is 0.159 e. The van der Waals surface area contributed by atoms with Gasteiger partial charge in [-0.1, -0.05) is 166 Å². The van der Waals surface area contributed by atoms with Gasteiger partial charge in [0.15, 0.2) is 5.84 Å². The molecule has 0 aromatic heterocycles. The summed E-state index contributed by atoms with van der Waals surface area (Å²) >= 11 is 0. The van der Waals surface area contributed by atoms with Crippen molar-refractivity contribution in [2.45, 2.75) is 58.5 Å². The van der Waals surface area contributed by atoms with E-state index in [1.54, 1.807) is 0 Å². The zero-order valence-corrected chi connectivity index (χ0v) is 32.9. The number of hydrogen-bond acceptors (Lipinski definition) is 3. The molecule has 1 heterocycles. The number of hydrogen-bond donors (Lipinski definition) is 1. The topological polar surface area (TPSA) is 36.8 Å². The van der Waals surface area contributed by atoms with Crippen molar-refractivity contribution in [3.05, 3.63) is 202 Å². The fourth-order valence-corrected chi connectivity index (χ4v) is 9.28. The van der Waals surface area contributed by atoms with Crippen LogP contribution in [0.15, 0.2) is 162 Å². The molecule has 0 fully saturated rings. The van der Waals surface area contributed by atoms with Crippen LogP contribution in [0.1, 0.15) is 83.9 Å². The standard InChI is InChI=1S/C53H45N3/c1-32-17-21-41-43-23-19-36(30-47(43)52(3,4)45(41)25-32)49-54-50(37-20-24-44-42-22-18-33(2)26-46(42)53(5,6)48(44)31-37)56-51(55-49)40-28-38(34-13-9-7-10-14-34)27-39(29-40)35-15-11-8-12-16-35/h7-31,49H,1-6H3,(H,54,55,56). The molecule has 272 valence electrons. The fourth-order valence-electron chi connectivity index (χ4n) is 9.28. The van der Waals surface area contributed by atoms with Gasteiger partial charge in [0.05, 0.1) is 0 Å². The fraction of sp³-hybridized carbons (Fsp3) is 0.170. The van der Waals surface area contributed by atoms with Gasteiger partial charge in [0.2, 0.25) is 0 Å². The summed E-state index contributed by atoms with van der Waals surface area (Å²) < 4.78 is 0. The maximum absolute atomic E-state index is 5.47. The number of rotatable bonds is 5. The summed E-state index contributed by atoms with van der Waals surface area (Å²) in [5.74, 6) is 1.55.